The summed E-state index contributed by atoms with van der Waals surface area (Å²) in [5.41, 5.74) is 1.01. The third kappa shape index (κ3) is 5.25. The molecule has 1 aliphatic carbocycles. The summed E-state index contributed by atoms with van der Waals surface area (Å²) in [5.74, 6) is 0.735. The first-order valence-corrected chi connectivity index (χ1v) is 14.9. The topological polar surface area (TPSA) is 66.7 Å². The molecular weight excluding hydrogens is 557 g/mol. The first-order valence-electron chi connectivity index (χ1n) is 14.9. The quantitative estimate of drug-likeness (QED) is 0.388. The van der Waals surface area contributed by atoms with Gasteiger partial charge in [-0.3, -0.25) is 9.69 Å². The zero-order valence-corrected chi connectivity index (χ0v) is 25.4. The van der Waals surface area contributed by atoms with E-state index in [4.69, 9.17) is 4.74 Å². The number of hydrogen-bond donors (Lipinski definition) is 0. The molecule has 11 heteroatoms. The summed E-state index contributed by atoms with van der Waals surface area (Å²) in [6, 6.07) is 10.7. The average molecular weight is 597 g/mol. The van der Waals surface area contributed by atoms with Crippen LogP contribution in [0, 0.1) is 5.92 Å². The summed E-state index contributed by atoms with van der Waals surface area (Å²) in [4.78, 5) is 19.8. The van der Waals surface area contributed by atoms with Crippen LogP contribution in [-0.4, -0.2) is 76.4 Å². The number of piperazine rings is 1. The summed E-state index contributed by atoms with van der Waals surface area (Å²) >= 11 is 0. The number of amides is 1. The van der Waals surface area contributed by atoms with Crippen LogP contribution in [0.4, 0.5) is 18.9 Å². The molecule has 43 heavy (non-hydrogen) atoms. The maximum Gasteiger partial charge on any atom is 0.416 e. The number of aromatic nitrogens is 3. The number of alkyl halides is 3. The molecule has 3 heterocycles. The summed E-state index contributed by atoms with van der Waals surface area (Å²) in [6.45, 7) is 7.00. The maximum absolute atomic E-state index is 14.5. The van der Waals surface area contributed by atoms with Crippen LogP contribution in [-0.2, 0) is 36.5 Å². The number of ether oxygens (including phenoxy) is 1. The smallest absolute Gasteiger partial charge is 0.381 e. The third-order valence-corrected chi connectivity index (χ3v) is 9.63. The van der Waals surface area contributed by atoms with Gasteiger partial charge in [-0.25, -0.2) is 0 Å². The number of nitrogens with zero attached hydrogens (tertiary/aromatic N) is 6. The molecule has 1 saturated carbocycles. The van der Waals surface area contributed by atoms with Gasteiger partial charge in [-0.15, -0.1) is 10.2 Å². The number of anilines is 1. The normalized spacial score (nSPS) is 25.0. The van der Waals surface area contributed by atoms with E-state index >= 15 is 0 Å². The Morgan fingerprint density at radius 2 is 1.88 bits per heavy atom. The van der Waals surface area contributed by atoms with E-state index < -0.39 is 23.1 Å². The van der Waals surface area contributed by atoms with E-state index in [0.717, 1.165) is 31.0 Å². The fourth-order valence-corrected chi connectivity index (χ4v) is 7.19. The lowest BCUT2D eigenvalue weighted by atomic mass is 9.62. The van der Waals surface area contributed by atoms with Crippen molar-refractivity contribution in [3.8, 4) is 0 Å². The van der Waals surface area contributed by atoms with Gasteiger partial charge in [0.15, 0.2) is 0 Å². The Morgan fingerprint density at radius 3 is 2.53 bits per heavy atom. The van der Waals surface area contributed by atoms with Crippen LogP contribution in [0.5, 0.6) is 0 Å². The number of carbonyl (C=O) groups is 1. The maximum atomic E-state index is 14.5. The standard InChI is InChI=1S/C32H39F3N6O2/c1-20(2)28-18-38(3)9-10-40(28)16-21-11-25-26(27(12-21)32(33,34)35)17-41(29(25)42)23-8-6-7-22(13-23)31(14-24(15-31)43-5)30-37-36-19-39(30)4/h6-8,11-13,19-20,24,28H,9-10,14-18H2,1-5H3/t24?,28-,31?/m1/s1. The van der Waals surface area contributed by atoms with Crippen LogP contribution >= 0.6 is 0 Å². The van der Waals surface area contributed by atoms with E-state index in [1.165, 1.54) is 11.0 Å². The molecule has 6 rings (SSSR count). The molecule has 0 unspecified atom stereocenters. The van der Waals surface area contributed by atoms with Crippen molar-refractivity contribution in [2.24, 2.45) is 13.0 Å². The second kappa shape index (κ2) is 11.0. The predicted octanol–water partition coefficient (Wildman–Crippen LogP) is 4.86. The molecule has 0 N–H and O–H groups in total. The number of likely N-dealkylation sites (N-methyl/N-ethyl adjacent to an activating group) is 1. The van der Waals surface area contributed by atoms with Crippen molar-refractivity contribution in [1.82, 2.24) is 24.6 Å². The van der Waals surface area contributed by atoms with Crippen LogP contribution in [0.15, 0.2) is 42.7 Å². The SMILES string of the molecule is COC1CC(c2cccc(N3Cc4c(cc(CN5CCN(C)C[C@@H]5C(C)C)cc4C(F)(F)F)C3=O)c2)(c2nncn2C)C1. The lowest BCUT2D eigenvalue weighted by Crippen LogP contribution is -2.53. The second-order valence-electron chi connectivity index (χ2n) is 12.8. The van der Waals surface area contributed by atoms with Crippen molar-refractivity contribution in [2.45, 2.75) is 63.5 Å². The fraction of sp³-hybridized carbons (Fsp3) is 0.531. The van der Waals surface area contributed by atoms with Crippen molar-refractivity contribution in [2.75, 3.05) is 38.7 Å². The van der Waals surface area contributed by atoms with Crippen molar-refractivity contribution in [1.29, 1.82) is 0 Å². The zero-order valence-electron chi connectivity index (χ0n) is 25.4. The molecule has 2 aliphatic heterocycles. The lowest BCUT2D eigenvalue weighted by Gasteiger charge is -2.46. The van der Waals surface area contributed by atoms with Gasteiger partial charge in [-0.2, -0.15) is 13.2 Å². The number of aryl methyl sites for hydroxylation is 1. The molecule has 3 aliphatic rings. The minimum absolute atomic E-state index is 0.0385. The molecule has 230 valence electrons. The Labute approximate surface area is 250 Å². The van der Waals surface area contributed by atoms with E-state index in [2.05, 4.69) is 40.9 Å². The zero-order chi connectivity index (χ0) is 30.7. The molecular formula is C32H39F3N6O2. The highest BCUT2D eigenvalue weighted by molar-refractivity contribution is 6.10. The largest absolute Gasteiger partial charge is 0.416 e. The summed E-state index contributed by atoms with van der Waals surface area (Å²) in [6.07, 6.45) is -1.48. The number of carbonyl (C=O) groups excluding carboxylic acids is 1. The first-order chi connectivity index (χ1) is 20.4. The number of fused-ring (bicyclic) bond motifs is 1. The molecule has 0 bridgehead atoms. The lowest BCUT2D eigenvalue weighted by molar-refractivity contribution is -0.138. The third-order valence-electron chi connectivity index (χ3n) is 9.63. The number of halogens is 3. The minimum Gasteiger partial charge on any atom is -0.381 e. The highest BCUT2D eigenvalue weighted by Crippen LogP contribution is 2.50. The molecule has 0 radical (unpaired) electrons. The number of benzene rings is 2. The van der Waals surface area contributed by atoms with Crippen LogP contribution < -0.4 is 4.90 Å². The van der Waals surface area contributed by atoms with Crippen molar-refractivity contribution in [3.05, 3.63) is 76.4 Å². The average Bonchev–Trinajstić information content (AvgIpc) is 3.51. The summed E-state index contributed by atoms with van der Waals surface area (Å²) < 4.78 is 50.9. The van der Waals surface area contributed by atoms with Gasteiger partial charge in [-0.1, -0.05) is 26.0 Å². The van der Waals surface area contributed by atoms with Crippen molar-refractivity contribution >= 4 is 11.6 Å². The predicted molar refractivity (Wildman–Crippen MR) is 157 cm³/mol. The van der Waals surface area contributed by atoms with Crippen LogP contribution in [0.2, 0.25) is 0 Å². The van der Waals surface area contributed by atoms with Gasteiger partial charge in [0.2, 0.25) is 0 Å². The summed E-state index contributed by atoms with van der Waals surface area (Å²) in [7, 11) is 5.65. The van der Waals surface area contributed by atoms with Gasteiger partial charge in [0, 0.05) is 57.6 Å². The Morgan fingerprint density at radius 1 is 1.12 bits per heavy atom. The number of hydrogen-bond acceptors (Lipinski definition) is 6. The molecule has 2 aromatic carbocycles. The molecule has 8 nitrogen and oxygen atoms in total. The first kappa shape index (κ1) is 29.8. The van der Waals surface area contributed by atoms with Crippen LogP contribution in [0.3, 0.4) is 0 Å². The van der Waals surface area contributed by atoms with E-state index in [-0.39, 0.29) is 29.8 Å². The molecule has 1 aromatic heterocycles. The molecule has 1 saturated heterocycles. The number of methoxy groups -OCH3 is 1. The van der Waals surface area contributed by atoms with Crippen LogP contribution in [0.25, 0.3) is 0 Å². The van der Waals surface area contributed by atoms with Gasteiger partial charge in [-0.05, 0) is 66.8 Å². The van der Waals surface area contributed by atoms with E-state index in [1.807, 2.05) is 29.8 Å². The van der Waals surface area contributed by atoms with Gasteiger partial charge in [0.25, 0.3) is 5.91 Å². The monoisotopic (exact) mass is 596 g/mol. The fourth-order valence-electron chi connectivity index (χ4n) is 7.19. The molecule has 0 spiro atoms. The Hall–Kier alpha value is -3.28. The Kier molecular flexibility index (Phi) is 7.63. The molecule has 1 amide bonds. The van der Waals surface area contributed by atoms with E-state index in [1.54, 1.807) is 25.6 Å². The van der Waals surface area contributed by atoms with Gasteiger partial charge >= 0.3 is 6.18 Å². The Balaban J connectivity index is 1.34. The highest BCUT2D eigenvalue weighted by Gasteiger charge is 2.50. The molecule has 2 fully saturated rings. The van der Waals surface area contributed by atoms with E-state index in [0.29, 0.717) is 36.6 Å². The Bertz CT molecular complexity index is 1510. The van der Waals surface area contributed by atoms with Gasteiger partial charge < -0.3 is 19.1 Å². The number of rotatable bonds is 7. The van der Waals surface area contributed by atoms with Gasteiger partial charge in [0.05, 0.1) is 23.6 Å². The minimum atomic E-state index is -4.58. The molecule has 1 atom stereocenters. The highest BCUT2D eigenvalue weighted by atomic mass is 19.4. The van der Waals surface area contributed by atoms with E-state index in [9.17, 15) is 18.0 Å². The van der Waals surface area contributed by atoms with Crippen LogP contribution in [0.1, 0.15) is 65.1 Å². The van der Waals surface area contributed by atoms with Crippen molar-refractivity contribution < 1.29 is 22.7 Å². The second-order valence-corrected chi connectivity index (χ2v) is 12.8. The van der Waals surface area contributed by atoms with Crippen molar-refractivity contribution in [3.63, 3.8) is 0 Å². The summed E-state index contributed by atoms with van der Waals surface area (Å²) in [5, 5.41) is 8.47. The molecule has 3 aromatic rings. The van der Waals surface area contributed by atoms with Gasteiger partial charge in [0.1, 0.15) is 12.2 Å².